The molecule has 176 valence electrons. The van der Waals surface area contributed by atoms with Crippen molar-refractivity contribution in [2.24, 2.45) is 0 Å². The molecule has 0 aromatic carbocycles. The average molecular weight is 420 g/mol. The first-order chi connectivity index (χ1) is 14.8. The van der Waals surface area contributed by atoms with Crippen molar-refractivity contribution < 1.29 is 4.57 Å². The Morgan fingerprint density at radius 1 is 0.567 bits per heavy atom. The van der Waals surface area contributed by atoms with Crippen molar-refractivity contribution >= 4 is 0 Å². The molecule has 0 radical (unpaired) electrons. The first-order valence-electron chi connectivity index (χ1n) is 13.9. The first kappa shape index (κ1) is 27.2. The molecule has 30 heavy (non-hydrogen) atoms. The topological polar surface area (TPSA) is 8.81 Å². The van der Waals surface area contributed by atoms with Gasteiger partial charge in [0.1, 0.15) is 12.4 Å². The lowest BCUT2D eigenvalue weighted by atomic mass is 10.1. The number of nitrogens with zero attached hydrogens (tertiary/aromatic N) is 2. The van der Waals surface area contributed by atoms with E-state index in [-0.39, 0.29) is 0 Å². The Bertz CT molecular complexity index is 477. The highest BCUT2D eigenvalue weighted by Crippen LogP contribution is 2.12. The Labute approximate surface area is 189 Å². The Balaban J connectivity index is 2.39. The third-order valence-electron chi connectivity index (χ3n) is 6.60. The van der Waals surface area contributed by atoms with Gasteiger partial charge in [0, 0.05) is 6.42 Å². The zero-order valence-electron chi connectivity index (χ0n) is 21.1. The van der Waals surface area contributed by atoms with Crippen LogP contribution < -0.4 is 4.57 Å². The van der Waals surface area contributed by atoms with Crippen LogP contribution in [0.3, 0.4) is 0 Å². The summed E-state index contributed by atoms with van der Waals surface area (Å²) in [5, 5.41) is 0. The smallest absolute Gasteiger partial charge is 0.234 e. The molecule has 0 fully saturated rings. The molecule has 1 heterocycles. The lowest BCUT2D eigenvalue weighted by Crippen LogP contribution is -2.37. The molecule has 0 saturated carbocycles. The molecule has 0 atom stereocenters. The minimum atomic E-state index is 1.22. The number of rotatable bonds is 22. The standard InChI is InChI=1S/C28H55N2/c1-4-7-10-13-15-16-19-22-25-30-27-26-29(24-21-18-14-11-8-5-2)28(30)23-20-17-12-9-6-3/h26-27H,4-25H2,1-3H3/q+1. The molecule has 0 spiro atoms. The highest BCUT2D eigenvalue weighted by Gasteiger charge is 2.16. The minimum absolute atomic E-state index is 1.22. The highest BCUT2D eigenvalue weighted by atomic mass is 15.1. The van der Waals surface area contributed by atoms with Crippen molar-refractivity contribution in [1.29, 1.82) is 0 Å². The predicted molar refractivity (Wildman–Crippen MR) is 133 cm³/mol. The van der Waals surface area contributed by atoms with E-state index in [4.69, 9.17) is 0 Å². The van der Waals surface area contributed by atoms with Gasteiger partial charge in [-0.1, -0.05) is 111 Å². The van der Waals surface area contributed by atoms with E-state index in [0.29, 0.717) is 0 Å². The minimum Gasteiger partial charge on any atom is -0.234 e. The molecular weight excluding hydrogens is 364 g/mol. The normalized spacial score (nSPS) is 11.4. The van der Waals surface area contributed by atoms with E-state index in [9.17, 15) is 0 Å². The van der Waals surface area contributed by atoms with Crippen molar-refractivity contribution in [3.05, 3.63) is 18.2 Å². The lowest BCUT2D eigenvalue weighted by molar-refractivity contribution is -0.704. The van der Waals surface area contributed by atoms with E-state index in [1.807, 2.05) is 0 Å². The molecular formula is C28H55N2+. The summed E-state index contributed by atoms with van der Waals surface area (Å²) in [5.74, 6) is 1.60. The quantitative estimate of drug-likeness (QED) is 0.131. The second kappa shape index (κ2) is 20.1. The van der Waals surface area contributed by atoms with Crippen molar-refractivity contribution in [3.8, 4) is 0 Å². The van der Waals surface area contributed by atoms with E-state index in [2.05, 4.69) is 42.3 Å². The fourth-order valence-corrected chi connectivity index (χ4v) is 4.56. The summed E-state index contributed by atoms with van der Waals surface area (Å²) in [6, 6.07) is 0. The van der Waals surface area contributed by atoms with Crippen LogP contribution in [0.2, 0.25) is 0 Å². The number of aryl methyl sites for hydroxylation is 2. The highest BCUT2D eigenvalue weighted by molar-refractivity contribution is 4.84. The van der Waals surface area contributed by atoms with Crippen molar-refractivity contribution in [3.63, 3.8) is 0 Å². The molecule has 1 aromatic heterocycles. The summed E-state index contributed by atoms with van der Waals surface area (Å²) in [6.07, 6.45) is 32.5. The molecule has 0 amide bonds. The van der Waals surface area contributed by atoms with Crippen LogP contribution in [-0.4, -0.2) is 4.57 Å². The maximum atomic E-state index is 2.59. The van der Waals surface area contributed by atoms with Crippen LogP contribution in [0, 0.1) is 0 Å². The first-order valence-corrected chi connectivity index (χ1v) is 13.9. The summed E-state index contributed by atoms with van der Waals surface area (Å²) >= 11 is 0. The van der Waals surface area contributed by atoms with E-state index in [1.54, 1.807) is 5.82 Å². The predicted octanol–water partition coefficient (Wildman–Crippen LogP) is 8.79. The van der Waals surface area contributed by atoms with E-state index in [1.165, 1.54) is 142 Å². The summed E-state index contributed by atoms with van der Waals surface area (Å²) in [4.78, 5) is 0. The summed E-state index contributed by atoms with van der Waals surface area (Å²) in [7, 11) is 0. The van der Waals surface area contributed by atoms with Gasteiger partial charge in [-0.2, -0.15) is 0 Å². The van der Waals surface area contributed by atoms with Crippen molar-refractivity contribution in [1.82, 2.24) is 4.57 Å². The second-order valence-corrected chi connectivity index (χ2v) is 9.51. The van der Waals surface area contributed by atoms with Crippen LogP contribution in [0.5, 0.6) is 0 Å². The maximum Gasteiger partial charge on any atom is 0.256 e. The summed E-state index contributed by atoms with van der Waals surface area (Å²) in [6.45, 7) is 9.36. The molecule has 0 bridgehead atoms. The van der Waals surface area contributed by atoms with Crippen LogP contribution in [0.4, 0.5) is 0 Å². The van der Waals surface area contributed by atoms with Gasteiger partial charge in [-0.25, -0.2) is 9.13 Å². The van der Waals surface area contributed by atoms with Gasteiger partial charge in [0.25, 0.3) is 5.82 Å². The Kier molecular flexibility index (Phi) is 18.3. The molecule has 1 aromatic rings. The maximum absolute atomic E-state index is 2.59. The molecule has 0 N–H and O–H groups in total. The van der Waals surface area contributed by atoms with E-state index >= 15 is 0 Å². The molecule has 2 heteroatoms. The fraction of sp³-hybridized carbons (Fsp3) is 0.893. The number of aromatic nitrogens is 2. The lowest BCUT2D eigenvalue weighted by Gasteiger charge is -2.07. The Hall–Kier alpha value is -0.790. The number of hydrogen-bond donors (Lipinski definition) is 0. The number of unbranched alkanes of at least 4 members (excludes halogenated alkanes) is 16. The number of hydrogen-bond acceptors (Lipinski definition) is 0. The van der Waals surface area contributed by atoms with Gasteiger partial charge < -0.3 is 0 Å². The van der Waals surface area contributed by atoms with Crippen LogP contribution in [0.1, 0.15) is 149 Å². The number of imidazole rings is 1. The fourth-order valence-electron chi connectivity index (χ4n) is 4.56. The molecule has 0 aliphatic heterocycles. The molecule has 0 aliphatic rings. The molecule has 0 saturated heterocycles. The van der Waals surface area contributed by atoms with Crippen LogP contribution >= 0.6 is 0 Å². The Morgan fingerprint density at radius 2 is 1.03 bits per heavy atom. The second-order valence-electron chi connectivity index (χ2n) is 9.51. The third-order valence-corrected chi connectivity index (χ3v) is 6.60. The summed E-state index contributed by atoms with van der Waals surface area (Å²) in [5.41, 5.74) is 0. The van der Waals surface area contributed by atoms with Gasteiger partial charge in [0.15, 0.2) is 0 Å². The van der Waals surface area contributed by atoms with E-state index in [0.717, 1.165) is 0 Å². The summed E-state index contributed by atoms with van der Waals surface area (Å²) < 4.78 is 5.18. The molecule has 0 unspecified atom stereocenters. The van der Waals surface area contributed by atoms with Crippen LogP contribution in [0.15, 0.2) is 12.4 Å². The van der Waals surface area contributed by atoms with Crippen LogP contribution in [-0.2, 0) is 19.5 Å². The molecule has 1 rings (SSSR count). The monoisotopic (exact) mass is 419 g/mol. The van der Waals surface area contributed by atoms with Gasteiger partial charge in [0.2, 0.25) is 0 Å². The van der Waals surface area contributed by atoms with Gasteiger partial charge in [-0.3, -0.25) is 0 Å². The van der Waals surface area contributed by atoms with Gasteiger partial charge >= 0.3 is 0 Å². The zero-order valence-corrected chi connectivity index (χ0v) is 21.1. The zero-order chi connectivity index (χ0) is 21.7. The molecule has 0 aliphatic carbocycles. The average Bonchev–Trinajstić information content (AvgIpc) is 3.14. The van der Waals surface area contributed by atoms with E-state index < -0.39 is 0 Å². The van der Waals surface area contributed by atoms with Gasteiger partial charge in [0.05, 0.1) is 13.1 Å². The van der Waals surface area contributed by atoms with Gasteiger partial charge in [-0.15, -0.1) is 0 Å². The third kappa shape index (κ3) is 13.5. The van der Waals surface area contributed by atoms with Crippen molar-refractivity contribution in [2.75, 3.05) is 0 Å². The van der Waals surface area contributed by atoms with Crippen LogP contribution in [0.25, 0.3) is 0 Å². The SMILES string of the molecule is CCCCCCCCCC[n+]1ccn(CCCCCCCC)c1CCCCCCC. The Morgan fingerprint density at radius 3 is 1.60 bits per heavy atom. The molecule has 2 nitrogen and oxygen atoms in total. The van der Waals surface area contributed by atoms with Crippen molar-refractivity contribution in [2.45, 2.75) is 162 Å². The largest absolute Gasteiger partial charge is 0.256 e. The van der Waals surface area contributed by atoms with Gasteiger partial charge in [-0.05, 0) is 32.1 Å².